The molecule has 0 saturated heterocycles. The maximum atomic E-state index is 9.61. The summed E-state index contributed by atoms with van der Waals surface area (Å²) in [4.78, 5) is 0. The molecule has 1 N–H and O–H groups in total. The van der Waals surface area contributed by atoms with Crippen molar-refractivity contribution >= 4 is 0 Å². The van der Waals surface area contributed by atoms with Gasteiger partial charge in [-0.15, -0.1) is 0 Å². The lowest BCUT2D eigenvalue weighted by atomic mass is 9.79. The van der Waals surface area contributed by atoms with Gasteiger partial charge in [0.15, 0.2) is 0 Å². The minimum Gasteiger partial charge on any atom is -0.512 e. The Labute approximate surface area is 74.8 Å². The zero-order valence-electron chi connectivity index (χ0n) is 8.22. The topological polar surface area (TPSA) is 20.2 Å². The first-order valence-electron chi connectivity index (χ1n) is 4.56. The first-order valence-corrected chi connectivity index (χ1v) is 4.56. The van der Waals surface area contributed by atoms with Crippen LogP contribution in [0, 0.1) is 11.8 Å². The number of aliphatic hydroxyl groups excluding tert-OH is 1. The average Bonchev–Trinajstić information content (AvgIpc) is 1.99. The fourth-order valence-electron chi connectivity index (χ4n) is 1.74. The molecule has 68 valence electrons. The fourth-order valence-corrected chi connectivity index (χ4v) is 1.74. The Hall–Kier alpha value is -0.720. The summed E-state index contributed by atoms with van der Waals surface area (Å²) in [7, 11) is 0. The van der Waals surface area contributed by atoms with Crippen LogP contribution in [0.2, 0.25) is 0 Å². The molecule has 1 aliphatic rings. The van der Waals surface area contributed by atoms with E-state index >= 15 is 0 Å². The second kappa shape index (κ2) is 3.34. The Morgan fingerprint density at radius 2 is 2.17 bits per heavy atom. The Kier molecular flexibility index (Phi) is 2.61. The molecule has 1 aliphatic carbocycles. The van der Waals surface area contributed by atoms with Gasteiger partial charge in [0, 0.05) is 6.42 Å². The molecule has 0 aromatic carbocycles. The first kappa shape index (κ1) is 9.37. The zero-order chi connectivity index (χ0) is 9.30. The molecule has 0 fully saturated rings. The normalized spacial score (nSPS) is 30.6. The SMILES string of the molecule is C=C(C)[C@H]1CC(O)=C(C)[C@H](C)C1. The van der Waals surface area contributed by atoms with Gasteiger partial charge in [0.1, 0.15) is 0 Å². The molecule has 0 aliphatic heterocycles. The number of aliphatic hydroxyl groups is 1. The van der Waals surface area contributed by atoms with E-state index in [4.69, 9.17) is 0 Å². The van der Waals surface area contributed by atoms with Crippen molar-refractivity contribution in [1.82, 2.24) is 0 Å². The average molecular weight is 166 g/mol. The quantitative estimate of drug-likeness (QED) is 0.591. The van der Waals surface area contributed by atoms with Gasteiger partial charge in [-0.05, 0) is 37.7 Å². The van der Waals surface area contributed by atoms with Crippen molar-refractivity contribution in [3.63, 3.8) is 0 Å². The van der Waals surface area contributed by atoms with Crippen LogP contribution in [0.3, 0.4) is 0 Å². The third kappa shape index (κ3) is 1.71. The number of rotatable bonds is 1. The van der Waals surface area contributed by atoms with Gasteiger partial charge in [0.05, 0.1) is 5.76 Å². The van der Waals surface area contributed by atoms with Gasteiger partial charge in [-0.1, -0.05) is 19.1 Å². The summed E-state index contributed by atoms with van der Waals surface area (Å²) in [5, 5.41) is 9.61. The van der Waals surface area contributed by atoms with Crippen LogP contribution in [0.5, 0.6) is 0 Å². The zero-order valence-corrected chi connectivity index (χ0v) is 8.22. The molecule has 0 heterocycles. The van der Waals surface area contributed by atoms with Crippen LogP contribution in [0.4, 0.5) is 0 Å². The van der Waals surface area contributed by atoms with Gasteiger partial charge in [-0.3, -0.25) is 0 Å². The van der Waals surface area contributed by atoms with Crippen molar-refractivity contribution in [2.45, 2.75) is 33.6 Å². The summed E-state index contributed by atoms with van der Waals surface area (Å²) in [6.45, 7) is 10.2. The lowest BCUT2D eigenvalue weighted by molar-refractivity contribution is 0.303. The van der Waals surface area contributed by atoms with E-state index in [1.165, 1.54) is 5.57 Å². The third-order valence-corrected chi connectivity index (χ3v) is 2.97. The van der Waals surface area contributed by atoms with Crippen LogP contribution in [0.25, 0.3) is 0 Å². The van der Waals surface area contributed by atoms with Gasteiger partial charge in [0.25, 0.3) is 0 Å². The van der Waals surface area contributed by atoms with E-state index in [0.29, 0.717) is 17.6 Å². The molecular formula is C11H18O. The lowest BCUT2D eigenvalue weighted by Gasteiger charge is -2.28. The van der Waals surface area contributed by atoms with Crippen LogP contribution >= 0.6 is 0 Å². The van der Waals surface area contributed by atoms with E-state index in [1.807, 2.05) is 13.8 Å². The molecule has 0 radical (unpaired) electrons. The van der Waals surface area contributed by atoms with Crippen molar-refractivity contribution in [3.05, 3.63) is 23.5 Å². The van der Waals surface area contributed by atoms with Crippen molar-refractivity contribution in [3.8, 4) is 0 Å². The monoisotopic (exact) mass is 166 g/mol. The van der Waals surface area contributed by atoms with Crippen molar-refractivity contribution in [2.24, 2.45) is 11.8 Å². The van der Waals surface area contributed by atoms with Gasteiger partial charge < -0.3 is 5.11 Å². The largest absolute Gasteiger partial charge is 0.512 e. The summed E-state index contributed by atoms with van der Waals surface area (Å²) in [5.74, 6) is 1.59. The predicted molar refractivity (Wildman–Crippen MR) is 52.0 cm³/mol. The van der Waals surface area contributed by atoms with Gasteiger partial charge >= 0.3 is 0 Å². The van der Waals surface area contributed by atoms with Crippen molar-refractivity contribution in [1.29, 1.82) is 0 Å². The molecular weight excluding hydrogens is 148 g/mol. The van der Waals surface area contributed by atoms with E-state index in [2.05, 4.69) is 13.5 Å². The molecule has 0 aromatic heterocycles. The molecule has 0 unspecified atom stereocenters. The predicted octanol–water partition coefficient (Wildman–Crippen LogP) is 3.44. The molecule has 0 spiro atoms. The van der Waals surface area contributed by atoms with E-state index in [0.717, 1.165) is 18.4 Å². The van der Waals surface area contributed by atoms with Crippen molar-refractivity contribution < 1.29 is 5.11 Å². The highest BCUT2D eigenvalue weighted by Crippen LogP contribution is 2.35. The summed E-state index contributed by atoms with van der Waals surface area (Å²) < 4.78 is 0. The molecule has 12 heavy (non-hydrogen) atoms. The van der Waals surface area contributed by atoms with Crippen LogP contribution in [0.15, 0.2) is 23.5 Å². The molecule has 1 rings (SSSR count). The number of hydrogen-bond donors (Lipinski definition) is 1. The Balaban J connectivity index is 2.78. The second-order valence-electron chi connectivity index (χ2n) is 4.01. The molecule has 2 atom stereocenters. The smallest absolute Gasteiger partial charge is 0.0920 e. The van der Waals surface area contributed by atoms with Gasteiger partial charge in [-0.2, -0.15) is 0 Å². The van der Waals surface area contributed by atoms with E-state index < -0.39 is 0 Å². The second-order valence-corrected chi connectivity index (χ2v) is 4.01. The molecule has 1 nitrogen and oxygen atoms in total. The van der Waals surface area contributed by atoms with Crippen LogP contribution in [0.1, 0.15) is 33.6 Å². The minimum absolute atomic E-state index is 0.490. The molecule has 1 heteroatoms. The summed E-state index contributed by atoms with van der Waals surface area (Å²) >= 11 is 0. The number of hydrogen-bond acceptors (Lipinski definition) is 1. The van der Waals surface area contributed by atoms with E-state index in [-0.39, 0.29) is 0 Å². The van der Waals surface area contributed by atoms with Crippen molar-refractivity contribution in [2.75, 3.05) is 0 Å². The molecule has 0 amide bonds. The third-order valence-electron chi connectivity index (χ3n) is 2.97. The standard InChI is InChI=1S/C11H18O/c1-7(2)10-5-8(3)9(4)11(12)6-10/h8,10,12H,1,5-6H2,2-4H3/t8-,10-/m1/s1. The minimum atomic E-state index is 0.490. The summed E-state index contributed by atoms with van der Waals surface area (Å²) in [6.07, 6.45) is 1.94. The Morgan fingerprint density at radius 1 is 1.58 bits per heavy atom. The Bertz CT molecular complexity index is 225. The highest BCUT2D eigenvalue weighted by Gasteiger charge is 2.23. The number of allylic oxidation sites excluding steroid dienone is 3. The van der Waals surface area contributed by atoms with Crippen LogP contribution in [-0.4, -0.2) is 5.11 Å². The van der Waals surface area contributed by atoms with Crippen LogP contribution in [-0.2, 0) is 0 Å². The summed E-state index contributed by atoms with van der Waals surface area (Å²) in [5.41, 5.74) is 2.36. The lowest BCUT2D eigenvalue weighted by Crippen LogP contribution is -2.16. The van der Waals surface area contributed by atoms with Gasteiger partial charge in [-0.25, -0.2) is 0 Å². The van der Waals surface area contributed by atoms with E-state index in [1.54, 1.807) is 0 Å². The molecule has 0 bridgehead atoms. The maximum Gasteiger partial charge on any atom is 0.0920 e. The fraction of sp³-hybridized carbons (Fsp3) is 0.636. The van der Waals surface area contributed by atoms with Crippen LogP contribution < -0.4 is 0 Å². The maximum absolute atomic E-state index is 9.61. The summed E-state index contributed by atoms with van der Waals surface area (Å²) in [6, 6.07) is 0. The Morgan fingerprint density at radius 3 is 2.58 bits per heavy atom. The highest BCUT2D eigenvalue weighted by atomic mass is 16.3. The molecule has 0 saturated carbocycles. The van der Waals surface area contributed by atoms with Gasteiger partial charge in [0.2, 0.25) is 0 Å². The van der Waals surface area contributed by atoms with E-state index in [9.17, 15) is 5.11 Å². The highest BCUT2D eigenvalue weighted by molar-refractivity contribution is 5.16. The first-order chi connectivity index (χ1) is 5.52. The molecule has 0 aromatic rings.